The number of nitro benzene ring substituents is 1. The number of nitrogens with zero attached hydrogens (tertiary/aromatic N) is 2. The Morgan fingerprint density at radius 1 is 1.06 bits per heavy atom. The Kier molecular flexibility index (Phi) is 4.44. The van der Waals surface area contributed by atoms with Crippen molar-refractivity contribution in [3.63, 3.8) is 0 Å². The van der Waals surface area contributed by atoms with Gasteiger partial charge in [0.2, 0.25) is 5.76 Å². The second-order valence-electron chi connectivity index (χ2n) is 7.87. The minimum absolute atomic E-state index is 0.0133. The molecule has 160 valence electrons. The van der Waals surface area contributed by atoms with Crippen LogP contribution in [0.5, 0.6) is 0 Å². The molecule has 0 radical (unpaired) electrons. The highest BCUT2D eigenvalue weighted by Crippen LogP contribution is 2.39. The number of rotatable bonds is 4. The molecule has 0 saturated heterocycles. The molecule has 0 saturated carbocycles. The van der Waals surface area contributed by atoms with E-state index >= 15 is 0 Å². The van der Waals surface area contributed by atoms with Gasteiger partial charge in [-0.25, -0.2) is 0 Å². The fraction of sp³-hybridized carbons (Fsp3) is 0.167. The minimum atomic E-state index is -0.759. The van der Waals surface area contributed by atoms with E-state index in [4.69, 9.17) is 8.83 Å². The first-order chi connectivity index (χ1) is 15.3. The maximum absolute atomic E-state index is 13.6. The van der Waals surface area contributed by atoms with E-state index in [-0.39, 0.29) is 29.0 Å². The van der Waals surface area contributed by atoms with Crippen LogP contribution in [0.25, 0.3) is 11.0 Å². The van der Waals surface area contributed by atoms with Gasteiger partial charge < -0.3 is 13.7 Å². The molecule has 1 aliphatic rings. The number of amides is 1. The molecule has 2 aromatic carbocycles. The summed E-state index contributed by atoms with van der Waals surface area (Å²) in [5.74, 6) is 0.0967. The number of hydrogen-bond donors (Lipinski definition) is 0. The average Bonchev–Trinajstić information content (AvgIpc) is 3.38. The van der Waals surface area contributed by atoms with Gasteiger partial charge >= 0.3 is 0 Å². The molecule has 8 heteroatoms. The Morgan fingerprint density at radius 3 is 2.44 bits per heavy atom. The maximum atomic E-state index is 13.6. The largest absolute Gasteiger partial charge is 0.467 e. The first-order valence-corrected chi connectivity index (χ1v) is 10.0. The van der Waals surface area contributed by atoms with Crippen LogP contribution in [0, 0.1) is 24.0 Å². The Morgan fingerprint density at radius 2 is 1.78 bits per heavy atom. The van der Waals surface area contributed by atoms with Crippen LogP contribution in [0.4, 0.5) is 5.69 Å². The summed E-state index contributed by atoms with van der Waals surface area (Å²) in [4.78, 5) is 39.0. The number of benzene rings is 2. The molecule has 8 nitrogen and oxygen atoms in total. The van der Waals surface area contributed by atoms with Gasteiger partial charge in [0.05, 0.1) is 34.7 Å². The van der Waals surface area contributed by atoms with E-state index in [9.17, 15) is 19.7 Å². The third kappa shape index (κ3) is 2.99. The second-order valence-corrected chi connectivity index (χ2v) is 7.87. The van der Waals surface area contributed by atoms with E-state index in [1.807, 2.05) is 13.8 Å². The summed E-state index contributed by atoms with van der Waals surface area (Å²) in [5, 5.41) is 11.5. The van der Waals surface area contributed by atoms with Gasteiger partial charge in [0.1, 0.15) is 11.3 Å². The monoisotopic (exact) mass is 430 g/mol. The van der Waals surface area contributed by atoms with E-state index in [2.05, 4.69) is 0 Å². The van der Waals surface area contributed by atoms with E-state index < -0.39 is 16.9 Å². The van der Waals surface area contributed by atoms with Crippen molar-refractivity contribution in [2.75, 3.05) is 0 Å². The number of aryl methyl sites for hydroxylation is 2. The Balaban J connectivity index is 1.74. The molecule has 0 aliphatic carbocycles. The summed E-state index contributed by atoms with van der Waals surface area (Å²) in [6.07, 6.45) is 1.51. The number of carbonyl (C=O) groups excluding carboxylic acids is 1. The summed E-state index contributed by atoms with van der Waals surface area (Å²) >= 11 is 0. The topological polar surface area (TPSA) is 107 Å². The van der Waals surface area contributed by atoms with Crippen LogP contribution in [-0.4, -0.2) is 15.7 Å². The lowest BCUT2D eigenvalue weighted by molar-refractivity contribution is -0.384. The number of furan rings is 1. The Labute approximate surface area is 181 Å². The zero-order valence-electron chi connectivity index (χ0n) is 17.3. The minimum Gasteiger partial charge on any atom is -0.467 e. The predicted octanol–water partition coefficient (Wildman–Crippen LogP) is 4.66. The molecule has 0 bridgehead atoms. The van der Waals surface area contributed by atoms with E-state index in [0.717, 1.165) is 11.1 Å². The van der Waals surface area contributed by atoms with E-state index in [1.165, 1.54) is 23.3 Å². The number of fused-ring (bicyclic) bond motifs is 2. The number of nitro groups is 1. The average molecular weight is 430 g/mol. The van der Waals surface area contributed by atoms with Gasteiger partial charge in [-0.3, -0.25) is 19.7 Å². The van der Waals surface area contributed by atoms with Crippen LogP contribution in [0.15, 0.2) is 68.4 Å². The van der Waals surface area contributed by atoms with Crippen molar-refractivity contribution < 1.29 is 18.6 Å². The number of hydrogen-bond acceptors (Lipinski definition) is 6. The summed E-state index contributed by atoms with van der Waals surface area (Å²) in [6.45, 7) is 3.93. The first kappa shape index (κ1) is 19.7. The molecule has 1 amide bonds. The highest BCUT2D eigenvalue weighted by Gasteiger charge is 2.43. The van der Waals surface area contributed by atoms with E-state index in [0.29, 0.717) is 22.3 Å². The fourth-order valence-corrected chi connectivity index (χ4v) is 4.13. The molecule has 0 spiro atoms. The zero-order chi connectivity index (χ0) is 22.6. The van der Waals surface area contributed by atoms with Crippen LogP contribution >= 0.6 is 0 Å². The molecule has 0 N–H and O–H groups in total. The zero-order valence-corrected chi connectivity index (χ0v) is 17.3. The smallest absolute Gasteiger partial charge is 0.291 e. The molecule has 2 aromatic heterocycles. The normalized spacial score (nSPS) is 15.4. The van der Waals surface area contributed by atoms with Crippen molar-refractivity contribution in [1.82, 2.24) is 4.90 Å². The highest BCUT2D eigenvalue weighted by atomic mass is 16.6. The predicted molar refractivity (Wildman–Crippen MR) is 115 cm³/mol. The van der Waals surface area contributed by atoms with Crippen LogP contribution in [-0.2, 0) is 6.54 Å². The van der Waals surface area contributed by atoms with Gasteiger partial charge in [0, 0.05) is 12.1 Å². The highest BCUT2D eigenvalue weighted by molar-refractivity contribution is 5.99. The molecule has 0 fully saturated rings. The summed E-state index contributed by atoms with van der Waals surface area (Å²) in [7, 11) is 0. The Hall–Kier alpha value is -4.20. The molecular weight excluding hydrogens is 412 g/mol. The maximum Gasteiger partial charge on any atom is 0.291 e. The van der Waals surface area contributed by atoms with Gasteiger partial charge in [0.25, 0.3) is 11.6 Å². The van der Waals surface area contributed by atoms with Crippen LogP contribution in [0.1, 0.15) is 44.6 Å². The molecule has 32 heavy (non-hydrogen) atoms. The second kappa shape index (κ2) is 7.19. The molecule has 4 aromatic rings. The van der Waals surface area contributed by atoms with Crippen molar-refractivity contribution in [2.45, 2.75) is 26.4 Å². The standard InChI is InChI=1S/C24H18N2O6/c1-13-10-18-19(11-14(13)2)32-23-20(22(18)27)21(15-5-7-16(8-6-15)26(29)30)25(24(23)28)12-17-4-3-9-31-17/h3-11,21H,12H2,1-2H3/t21-/m1/s1. The lowest BCUT2D eigenvalue weighted by Gasteiger charge is -2.24. The van der Waals surface area contributed by atoms with Crippen LogP contribution < -0.4 is 5.43 Å². The molecular formula is C24H18N2O6. The van der Waals surface area contributed by atoms with Gasteiger partial charge in [-0.05, 0) is 66.9 Å². The van der Waals surface area contributed by atoms with Gasteiger partial charge in [-0.2, -0.15) is 0 Å². The van der Waals surface area contributed by atoms with Crippen LogP contribution in [0.3, 0.4) is 0 Å². The van der Waals surface area contributed by atoms with Crippen molar-refractivity contribution in [3.8, 4) is 0 Å². The molecule has 0 unspecified atom stereocenters. The third-order valence-electron chi connectivity index (χ3n) is 5.91. The fourth-order valence-electron chi connectivity index (χ4n) is 4.13. The van der Waals surface area contributed by atoms with Gasteiger partial charge in [-0.15, -0.1) is 0 Å². The number of non-ortho nitro benzene ring substituents is 1. The quantitative estimate of drug-likeness (QED) is 0.344. The summed E-state index contributed by atoms with van der Waals surface area (Å²) in [5.41, 5.74) is 2.68. The SMILES string of the molecule is Cc1cc2oc3c(c(=O)c2cc1C)[C@@H](c1ccc([N+](=O)[O-])cc1)N(Cc1ccco1)C3=O. The molecule has 3 heterocycles. The van der Waals surface area contributed by atoms with Crippen molar-refractivity contribution >= 4 is 22.6 Å². The number of carbonyl (C=O) groups is 1. The van der Waals surface area contributed by atoms with Crippen molar-refractivity contribution in [1.29, 1.82) is 0 Å². The van der Waals surface area contributed by atoms with E-state index in [1.54, 1.807) is 36.4 Å². The van der Waals surface area contributed by atoms with Gasteiger partial charge in [0.15, 0.2) is 5.43 Å². The molecule has 5 rings (SSSR count). The lowest BCUT2D eigenvalue weighted by atomic mass is 9.97. The van der Waals surface area contributed by atoms with Gasteiger partial charge in [-0.1, -0.05) is 0 Å². The Bertz CT molecular complexity index is 1430. The third-order valence-corrected chi connectivity index (χ3v) is 5.91. The molecule has 1 atom stereocenters. The summed E-state index contributed by atoms with van der Waals surface area (Å²) < 4.78 is 11.4. The lowest BCUT2D eigenvalue weighted by Crippen LogP contribution is -2.29. The van der Waals surface area contributed by atoms with Crippen molar-refractivity contribution in [2.24, 2.45) is 0 Å². The first-order valence-electron chi connectivity index (χ1n) is 10.0. The van der Waals surface area contributed by atoms with Crippen LogP contribution in [0.2, 0.25) is 0 Å². The van der Waals surface area contributed by atoms with Crippen molar-refractivity contribution in [3.05, 3.63) is 109 Å². The summed E-state index contributed by atoms with van der Waals surface area (Å²) in [6, 6.07) is 12.1. The molecule has 1 aliphatic heterocycles.